The first-order chi connectivity index (χ1) is 34.5. The number of aliphatic hydroxyl groups excluding tert-OH is 2. The van der Waals surface area contributed by atoms with Gasteiger partial charge < -0.3 is 20.3 Å². The van der Waals surface area contributed by atoms with Crippen LogP contribution in [0.2, 0.25) is 0 Å². The summed E-state index contributed by atoms with van der Waals surface area (Å²) in [6.45, 7) is 4.93. The van der Waals surface area contributed by atoms with E-state index in [-0.39, 0.29) is 18.5 Å². The summed E-state index contributed by atoms with van der Waals surface area (Å²) in [6.07, 6.45) is 72.6. The highest BCUT2D eigenvalue weighted by Crippen LogP contribution is 2.18. The van der Waals surface area contributed by atoms with E-state index in [1.54, 1.807) is 6.08 Å². The van der Waals surface area contributed by atoms with E-state index in [0.717, 1.165) is 38.5 Å². The van der Waals surface area contributed by atoms with Crippen molar-refractivity contribution in [2.24, 2.45) is 0 Å². The molecule has 0 aliphatic heterocycles. The minimum Gasteiger partial charge on any atom is -0.466 e. The molecular weight excluding hydrogens is 863 g/mol. The highest BCUT2D eigenvalue weighted by atomic mass is 16.5. The average molecular weight is 989 g/mol. The second kappa shape index (κ2) is 60.2. The van der Waals surface area contributed by atoms with Crippen LogP contribution in [0.3, 0.4) is 0 Å². The first-order valence-electron chi connectivity index (χ1n) is 32.0. The smallest absolute Gasteiger partial charge is 0.305 e. The van der Waals surface area contributed by atoms with Gasteiger partial charge in [-0.1, -0.05) is 328 Å². The average Bonchev–Trinajstić information content (AvgIpc) is 3.36. The van der Waals surface area contributed by atoms with Crippen molar-refractivity contribution in [3.05, 3.63) is 12.2 Å². The van der Waals surface area contributed by atoms with E-state index in [2.05, 4.69) is 19.2 Å². The quantitative estimate of drug-likeness (QED) is 0.0321. The number of unbranched alkanes of at least 4 members (excludes halogenated alkanes) is 49. The molecule has 0 spiro atoms. The Morgan fingerprint density at radius 1 is 0.386 bits per heavy atom. The van der Waals surface area contributed by atoms with Gasteiger partial charge >= 0.3 is 5.97 Å². The molecular formula is C64H125NO5. The van der Waals surface area contributed by atoms with Crippen molar-refractivity contribution >= 4 is 11.9 Å². The number of aliphatic hydroxyl groups is 2. The lowest BCUT2D eigenvalue weighted by Crippen LogP contribution is -2.45. The second-order valence-corrected chi connectivity index (χ2v) is 22.1. The number of ether oxygens (including phenoxy) is 1. The summed E-state index contributed by atoms with van der Waals surface area (Å²) in [6, 6.07) is -0.627. The minimum absolute atomic E-state index is 0.0153. The lowest BCUT2D eigenvalue weighted by molar-refractivity contribution is -0.143. The largest absolute Gasteiger partial charge is 0.466 e. The molecule has 6 heteroatoms. The van der Waals surface area contributed by atoms with Gasteiger partial charge in [-0.05, 0) is 32.1 Å². The van der Waals surface area contributed by atoms with Crippen LogP contribution in [0.5, 0.6) is 0 Å². The Hall–Kier alpha value is -1.40. The molecule has 0 fully saturated rings. The standard InChI is InChI=1S/C64H125NO5/c1-3-5-7-9-11-13-15-17-18-19-27-30-33-36-40-44-48-52-56-62(67)61(60-66)65-63(68)57-53-49-45-41-37-34-31-28-25-23-21-20-22-24-26-29-32-35-39-43-47-51-55-59-70-64(69)58-54-50-46-42-38-16-14-12-10-8-6-4-2/h52,56,61-62,66-67H,3-51,53-55,57-60H2,1-2H3,(H,65,68)/b56-52+. The Morgan fingerprint density at radius 2 is 0.657 bits per heavy atom. The van der Waals surface area contributed by atoms with Crippen LogP contribution in [0.25, 0.3) is 0 Å². The maximum Gasteiger partial charge on any atom is 0.305 e. The SMILES string of the molecule is CCCCCCCCCCCCCCCCCC/C=C/C(O)C(CO)NC(=O)CCCCCCCCCCCCCCCCCCCCCCCCCOC(=O)CCCCCCCCCCCCCC. The molecule has 0 radical (unpaired) electrons. The second-order valence-electron chi connectivity index (χ2n) is 22.1. The molecule has 0 bridgehead atoms. The van der Waals surface area contributed by atoms with Crippen LogP contribution in [-0.2, 0) is 14.3 Å². The molecule has 6 nitrogen and oxygen atoms in total. The van der Waals surface area contributed by atoms with Crippen molar-refractivity contribution in [2.45, 2.75) is 373 Å². The van der Waals surface area contributed by atoms with Gasteiger partial charge in [0.25, 0.3) is 0 Å². The molecule has 0 heterocycles. The third-order valence-corrected chi connectivity index (χ3v) is 15.1. The zero-order valence-electron chi connectivity index (χ0n) is 47.5. The summed E-state index contributed by atoms with van der Waals surface area (Å²) in [5, 5.41) is 23.2. The molecule has 0 saturated heterocycles. The fourth-order valence-corrected chi connectivity index (χ4v) is 10.2. The van der Waals surface area contributed by atoms with Crippen LogP contribution in [0.1, 0.15) is 361 Å². The molecule has 0 aromatic carbocycles. The normalized spacial score (nSPS) is 12.6. The maximum absolute atomic E-state index is 12.5. The Morgan fingerprint density at radius 3 is 0.971 bits per heavy atom. The Bertz CT molecular complexity index is 1050. The Balaban J connectivity index is 3.39. The highest BCUT2D eigenvalue weighted by Gasteiger charge is 2.18. The van der Waals surface area contributed by atoms with Gasteiger partial charge in [0, 0.05) is 12.8 Å². The van der Waals surface area contributed by atoms with Gasteiger partial charge in [0.2, 0.25) is 5.91 Å². The molecule has 3 N–H and O–H groups in total. The molecule has 0 aromatic rings. The molecule has 1 amide bonds. The van der Waals surface area contributed by atoms with Crippen LogP contribution in [0.4, 0.5) is 0 Å². The molecule has 70 heavy (non-hydrogen) atoms. The zero-order chi connectivity index (χ0) is 50.7. The predicted octanol–water partition coefficient (Wildman–Crippen LogP) is 20.0. The van der Waals surface area contributed by atoms with Crippen LogP contribution < -0.4 is 5.32 Å². The first kappa shape index (κ1) is 68.6. The van der Waals surface area contributed by atoms with Crippen molar-refractivity contribution < 1.29 is 24.5 Å². The summed E-state index contributed by atoms with van der Waals surface area (Å²) >= 11 is 0. The van der Waals surface area contributed by atoms with E-state index < -0.39 is 12.1 Å². The predicted molar refractivity (Wildman–Crippen MR) is 306 cm³/mol. The molecule has 0 aliphatic rings. The Labute approximate surface area is 438 Å². The van der Waals surface area contributed by atoms with Gasteiger partial charge in [-0.15, -0.1) is 0 Å². The van der Waals surface area contributed by atoms with E-state index >= 15 is 0 Å². The monoisotopic (exact) mass is 988 g/mol. The lowest BCUT2D eigenvalue weighted by atomic mass is 10.0. The van der Waals surface area contributed by atoms with Gasteiger partial charge in [-0.3, -0.25) is 9.59 Å². The number of allylic oxidation sites excluding steroid dienone is 1. The highest BCUT2D eigenvalue weighted by molar-refractivity contribution is 5.76. The van der Waals surface area contributed by atoms with E-state index in [0.29, 0.717) is 19.4 Å². The van der Waals surface area contributed by atoms with Crippen molar-refractivity contribution in [3.63, 3.8) is 0 Å². The molecule has 0 aromatic heterocycles. The van der Waals surface area contributed by atoms with E-state index in [9.17, 15) is 19.8 Å². The van der Waals surface area contributed by atoms with Crippen molar-refractivity contribution in [2.75, 3.05) is 13.2 Å². The maximum atomic E-state index is 12.5. The molecule has 0 saturated carbocycles. The zero-order valence-corrected chi connectivity index (χ0v) is 47.5. The summed E-state index contributed by atoms with van der Waals surface area (Å²) in [4.78, 5) is 24.5. The fraction of sp³-hybridized carbons (Fsp3) is 0.938. The summed E-state index contributed by atoms with van der Waals surface area (Å²) in [7, 11) is 0. The van der Waals surface area contributed by atoms with Gasteiger partial charge in [0.15, 0.2) is 0 Å². The van der Waals surface area contributed by atoms with Crippen LogP contribution >= 0.6 is 0 Å². The molecule has 416 valence electrons. The molecule has 0 rings (SSSR count). The Kier molecular flexibility index (Phi) is 59.0. The number of carbonyl (C=O) groups is 2. The number of amides is 1. The third kappa shape index (κ3) is 55.9. The number of carbonyl (C=O) groups excluding carboxylic acids is 2. The van der Waals surface area contributed by atoms with Crippen LogP contribution in [-0.4, -0.2) is 47.4 Å². The number of rotatable bonds is 60. The number of hydrogen-bond acceptors (Lipinski definition) is 5. The number of esters is 1. The van der Waals surface area contributed by atoms with Crippen molar-refractivity contribution in [1.29, 1.82) is 0 Å². The van der Waals surface area contributed by atoms with Gasteiger partial charge in [-0.25, -0.2) is 0 Å². The van der Waals surface area contributed by atoms with Crippen molar-refractivity contribution in [1.82, 2.24) is 5.32 Å². The first-order valence-corrected chi connectivity index (χ1v) is 32.0. The fourth-order valence-electron chi connectivity index (χ4n) is 10.2. The lowest BCUT2D eigenvalue weighted by Gasteiger charge is -2.20. The topological polar surface area (TPSA) is 95.9 Å². The van der Waals surface area contributed by atoms with E-state index in [1.807, 2.05) is 6.08 Å². The summed E-state index contributed by atoms with van der Waals surface area (Å²) < 4.78 is 5.48. The molecule has 0 aliphatic carbocycles. The third-order valence-electron chi connectivity index (χ3n) is 15.1. The number of nitrogens with one attached hydrogen (secondary N) is 1. The summed E-state index contributed by atoms with van der Waals surface area (Å²) in [5.74, 6) is -0.0488. The van der Waals surface area contributed by atoms with E-state index in [1.165, 1.54) is 295 Å². The van der Waals surface area contributed by atoms with Crippen LogP contribution in [0, 0.1) is 0 Å². The van der Waals surface area contributed by atoms with Crippen molar-refractivity contribution in [3.8, 4) is 0 Å². The minimum atomic E-state index is -0.843. The number of hydrogen-bond donors (Lipinski definition) is 3. The van der Waals surface area contributed by atoms with Crippen LogP contribution in [0.15, 0.2) is 12.2 Å². The van der Waals surface area contributed by atoms with Gasteiger partial charge in [0.05, 0.1) is 25.4 Å². The van der Waals surface area contributed by atoms with Gasteiger partial charge in [0.1, 0.15) is 0 Å². The van der Waals surface area contributed by atoms with Gasteiger partial charge in [-0.2, -0.15) is 0 Å². The summed E-state index contributed by atoms with van der Waals surface area (Å²) in [5.41, 5.74) is 0. The van der Waals surface area contributed by atoms with E-state index in [4.69, 9.17) is 4.74 Å². The molecule has 2 unspecified atom stereocenters. The molecule has 2 atom stereocenters.